The van der Waals surface area contributed by atoms with Crippen LogP contribution in [0.2, 0.25) is 0 Å². The fraction of sp³-hybridized carbons (Fsp3) is 0.667. The van der Waals surface area contributed by atoms with E-state index >= 15 is 0 Å². The van der Waals surface area contributed by atoms with Gasteiger partial charge in [-0.2, -0.15) is 0 Å². The van der Waals surface area contributed by atoms with Crippen molar-refractivity contribution in [2.45, 2.75) is 26.2 Å². The number of alkyl carbamates (subject to hydrolysis) is 1. The fourth-order valence-electron chi connectivity index (χ4n) is 0.683. The Hall–Kier alpha value is -0.990. The van der Waals surface area contributed by atoms with E-state index in [2.05, 4.69) is 11.9 Å². The Kier molecular flexibility index (Phi) is 7.44. The molecule has 0 aromatic carbocycles. The molecule has 0 saturated heterocycles. The highest BCUT2D eigenvalue weighted by Gasteiger charge is 1.97. The maximum atomic E-state index is 10.8. The van der Waals surface area contributed by atoms with Crippen molar-refractivity contribution in [3.63, 3.8) is 0 Å². The van der Waals surface area contributed by atoms with Gasteiger partial charge in [-0.05, 0) is 19.3 Å². The molecule has 0 heterocycles. The van der Waals surface area contributed by atoms with Crippen LogP contribution in [0.1, 0.15) is 26.2 Å². The predicted molar refractivity (Wildman–Crippen MR) is 49.1 cm³/mol. The van der Waals surface area contributed by atoms with Gasteiger partial charge in [0.05, 0.1) is 6.61 Å². The van der Waals surface area contributed by atoms with Crippen molar-refractivity contribution in [2.75, 3.05) is 13.2 Å². The van der Waals surface area contributed by atoms with E-state index in [1.807, 2.05) is 13.0 Å². The Bertz CT molecular complexity index is 134. The number of rotatable bonds is 6. The third-order valence-electron chi connectivity index (χ3n) is 1.29. The number of ether oxygens (including phenoxy) is 1. The number of nitrogens with one attached hydrogen (secondary N) is 1. The summed E-state index contributed by atoms with van der Waals surface area (Å²) in [5.74, 6) is 0. The van der Waals surface area contributed by atoms with Gasteiger partial charge in [0.2, 0.25) is 0 Å². The molecule has 0 radical (unpaired) electrons. The zero-order valence-corrected chi connectivity index (χ0v) is 7.64. The van der Waals surface area contributed by atoms with E-state index in [-0.39, 0.29) is 6.09 Å². The van der Waals surface area contributed by atoms with Crippen LogP contribution in [0.15, 0.2) is 12.7 Å². The van der Waals surface area contributed by atoms with Crippen molar-refractivity contribution in [3.8, 4) is 0 Å². The molecule has 70 valence electrons. The fourth-order valence-corrected chi connectivity index (χ4v) is 0.683. The lowest BCUT2D eigenvalue weighted by Gasteiger charge is -2.04. The van der Waals surface area contributed by atoms with Crippen LogP contribution in [0.4, 0.5) is 4.79 Å². The Morgan fingerprint density at radius 3 is 3.00 bits per heavy atom. The van der Waals surface area contributed by atoms with Gasteiger partial charge in [0.1, 0.15) is 0 Å². The molecule has 0 spiro atoms. The second-order valence-electron chi connectivity index (χ2n) is 2.49. The molecule has 0 bridgehead atoms. The van der Waals surface area contributed by atoms with Gasteiger partial charge in [-0.25, -0.2) is 4.79 Å². The molecular formula is C9H17NO2. The molecule has 0 fully saturated rings. The first kappa shape index (κ1) is 11.0. The van der Waals surface area contributed by atoms with Crippen LogP contribution < -0.4 is 5.32 Å². The van der Waals surface area contributed by atoms with E-state index < -0.39 is 0 Å². The van der Waals surface area contributed by atoms with Crippen molar-refractivity contribution < 1.29 is 9.53 Å². The molecule has 0 unspecified atom stereocenters. The normalized spacial score (nSPS) is 9.08. The van der Waals surface area contributed by atoms with Crippen molar-refractivity contribution in [1.82, 2.24) is 5.32 Å². The van der Waals surface area contributed by atoms with Gasteiger partial charge in [0.15, 0.2) is 0 Å². The van der Waals surface area contributed by atoms with Crippen LogP contribution in [0, 0.1) is 0 Å². The summed E-state index contributed by atoms with van der Waals surface area (Å²) in [5.41, 5.74) is 0. The molecule has 0 saturated carbocycles. The molecule has 0 aromatic heterocycles. The molecule has 0 aliphatic heterocycles. The maximum Gasteiger partial charge on any atom is 0.407 e. The number of amides is 1. The van der Waals surface area contributed by atoms with Gasteiger partial charge < -0.3 is 10.1 Å². The first-order valence-corrected chi connectivity index (χ1v) is 4.32. The van der Waals surface area contributed by atoms with Gasteiger partial charge in [-0.1, -0.05) is 13.0 Å². The van der Waals surface area contributed by atoms with Gasteiger partial charge >= 0.3 is 6.09 Å². The minimum Gasteiger partial charge on any atom is -0.450 e. The van der Waals surface area contributed by atoms with E-state index in [1.165, 1.54) is 0 Å². The number of carbonyl (C=O) groups is 1. The van der Waals surface area contributed by atoms with Crippen molar-refractivity contribution in [3.05, 3.63) is 12.7 Å². The highest BCUT2D eigenvalue weighted by Crippen LogP contribution is 1.87. The molecule has 0 rings (SSSR count). The van der Waals surface area contributed by atoms with Gasteiger partial charge in [-0.15, -0.1) is 6.58 Å². The molecule has 12 heavy (non-hydrogen) atoms. The lowest BCUT2D eigenvalue weighted by atomic mass is 10.3. The largest absolute Gasteiger partial charge is 0.450 e. The molecule has 0 atom stereocenters. The van der Waals surface area contributed by atoms with Crippen LogP contribution in [0.25, 0.3) is 0 Å². The highest BCUT2D eigenvalue weighted by molar-refractivity contribution is 5.66. The number of hydrogen-bond acceptors (Lipinski definition) is 2. The van der Waals surface area contributed by atoms with E-state index in [9.17, 15) is 4.79 Å². The first-order valence-electron chi connectivity index (χ1n) is 4.32. The summed E-state index contributed by atoms with van der Waals surface area (Å²) in [6.07, 6.45) is 4.22. The summed E-state index contributed by atoms with van der Waals surface area (Å²) in [4.78, 5) is 10.8. The van der Waals surface area contributed by atoms with E-state index in [1.54, 1.807) is 0 Å². The minimum absolute atomic E-state index is 0.319. The zero-order chi connectivity index (χ0) is 9.23. The Balaban J connectivity index is 3.13. The minimum atomic E-state index is -0.319. The Morgan fingerprint density at radius 2 is 2.42 bits per heavy atom. The summed E-state index contributed by atoms with van der Waals surface area (Å²) >= 11 is 0. The summed E-state index contributed by atoms with van der Waals surface area (Å²) < 4.78 is 4.80. The summed E-state index contributed by atoms with van der Waals surface area (Å²) in [5, 5.41) is 2.64. The Labute approximate surface area is 73.8 Å². The molecule has 3 heteroatoms. The van der Waals surface area contributed by atoms with Crippen molar-refractivity contribution in [1.29, 1.82) is 0 Å². The highest BCUT2D eigenvalue weighted by atomic mass is 16.5. The second kappa shape index (κ2) is 8.11. The molecule has 0 aromatic rings. The van der Waals surface area contributed by atoms with E-state index in [0.717, 1.165) is 19.3 Å². The molecular weight excluding hydrogens is 154 g/mol. The van der Waals surface area contributed by atoms with Gasteiger partial charge in [0, 0.05) is 6.54 Å². The molecule has 0 aliphatic carbocycles. The summed E-state index contributed by atoms with van der Waals surface area (Å²) in [6.45, 7) is 6.70. The zero-order valence-electron chi connectivity index (χ0n) is 7.64. The molecule has 1 N–H and O–H groups in total. The average Bonchev–Trinajstić information content (AvgIpc) is 2.09. The molecule has 3 nitrogen and oxygen atoms in total. The number of unbranched alkanes of at least 4 members (excludes halogenated alkanes) is 1. The number of hydrogen-bond donors (Lipinski definition) is 1. The smallest absolute Gasteiger partial charge is 0.407 e. The van der Waals surface area contributed by atoms with Crippen LogP contribution >= 0.6 is 0 Å². The third-order valence-corrected chi connectivity index (χ3v) is 1.29. The lowest BCUT2D eigenvalue weighted by molar-refractivity contribution is 0.146. The van der Waals surface area contributed by atoms with Gasteiger partial charge in [0.25, 0.3) is 0 Å². The van der Waals surface area contributed by atoms with Crippen LogP contribution in [0.3, 0.4) is 0 Å². The number of carbonyl (C=O) groups excluding carboxylic acids is 1. The SMILES string of the molecule is C=CCCCNC(=O)OCCC. The first-order chi connectivity index (χ1) is 5.81. The van der Waals surface area contributed by atoms with Crippen LogP contribution in [0.5, 0.6) is 0 Å². The molecule has 1 amide bonds. The van der Waals surface area contributed by atoms with Crippen LogP contribution in [-0.4, -0.2) is 19.2 Å². The lowest BCUT2D eigenvalue weighted by Crippen LogP contribution is -2.25. The maximum absolute atomic E-state index is 10.8. The van der Waals surface area contributed by atoms with Gasteiger partial charge in [-0.3, -0.25) is 0 Å². The van der Waals surface area contributed by atoms with Crippen molar-refractivity contribution >= 4 is 6.09 Å². The average molecular weight is 171 g/mol. The summed E-state index contributed by atoms with van der Waals surface area (Å²) in [7, 11) is 0. The topological polar surface area (TPSA) is 38.3 Å². The summed E-state index contributed by atoms with van der Waals surface area (Å²) in [6, 6.07) is 0. The van der Waals surface area contributed by atoms with E-state index in [4.69, 9.17) is 4.74 Å². The van der Waals surface area contributed by atoms with Crippen LogP contribution in [-0.2, 0) is 4.74 Å². The monoisotopic (exact) mass is 171 g/mol. The van der Waals surface area contributed by atoms with E-state index in [0.29, 0.717) is 13.2 Å². The third kappa shape index (κ3) is 7.12. The number of allylic oxidation sites excluding steroid dienone is 1. The molecule has 0 aliphatic rings. The van der Waals surface area contributed by atoms with Crippen molar-refractivity contribution in [2.24, 2.45) is 0 Å². The Morgan fingerprint density at radius 1 is 1.67 bits per heavy atom. The standard InChI is InChI=1S/C9H17NO2/c1-3-5-6-7-10-9(11)12-8-4-2/h3H,1,4-8H2,2H3,(H,10,11). The quantitative estimate of drug-likeness (QED) is 0.491. The predicted octanol–water partition coefficient (Wildman–Crippen LogP) is 2.09. The second-order valence-corrected chi connectivity index (χ2v) is 2.49.